The Bertz CT molecular complexity index is 960. The van der Waals surface area contributed by atoms with Crippen LogP contribution in [0.3, 0.4) is 0 Å². The van der Waals surface area contributed by atoms with Gasteiger partial charge in [-0.15, -0.1) is 16.4 Å². The summed E-state index contributed by atoms with van der Waals surface area (Å²) in [7, 11) is 0. The van der Waals surface area contributed by atoms with E-state index in [1.54, 1.807) is 11.2 Å². The summed E-state index contributed by atoms with van der Waals surface area (Å²) in [5.74, 6) is -2.17. The lowest BCUT2D eigenvalue weighted by Crippen LogP contribution is -2.12. The molecule has 3 aromatic rings. The number of H-pyrrole nitrogens is 1. The predicted octanol–water partition coefficient (Wildman–Crippen LogP) is 3.90. The van der Waals surface area contributed by atoms with E-state index in [1.165, 1.54) is 16.9 Å². The van der Waals surface area contributed by atoms with Gasteiger partial charge in [-0.1, -0.05) is 24.3 Å². The average Bonchev–Trinajstić information content (AvgIpc) is 3.21. The summed E-state index contributed by atoms with van der Waals surface area (Å²) in [6.45, 7) is 0. The number of hydrogen-bond donors (Lipinski definition) is 2. The van der Waals surface area contributed by atoms with Crippen LogP contribution in [0.2, 0.25) is 0 Å². The van der Waals surface area contributed by atoms with Crippen LogP contribution < -0.4 is 5.32 Å². The first-order chi connectivity index (χ1) is 11.9. The highest BCUT2D eigenvalue weighted by Gasteiger charge is 2.35. The molecule has 25 heavy (non-hydrogen) atoms. The molecule has 1 aromatic carbocycles. The Kier molecular flexibility index (Phi) is 3.60. The summed E-state index contributed by atoms with van der Waals surface area (Å²) >= 11 is 1.32. The van der Waals surface area contributed by atoms with Gasteiger partial charge in [0.25, 0.3) is 5.91 Å². The lowest BCUT2D eigenvalue weighted by Gasteiger charge is -2.15. The number of amides is 1. The molecule has 0 saturated heterocycles. The standard InChI is InChI=1S/C16H11F3N4OS/c17-16(18,19)14-21-15(23-22-14)20-13(24)11-7-9-6-5-8-3-1-2-4-10(8)12(9)25-11/h1-4,7H,5-6H2,(H2,20,21,22,23,24). The van der Waals surface area contributed by atoms with E-state index in [0.717, 1.165) is 28.8 Å². The lowest BCUT2D eigenvalue weighted by molar-refractivity contribution is -0.144. The Hall–Kier alpha value is -2.68. The first-order valence-corrected chi connectivity index (χ1v) is 8.25. The van der Waals surface area contributed by atoms with E-state index in [9.17, 15) is 18.0 Å². The van der Waals surface area contributed by atoms with Crippen molar-refractivity contribution in [1.82, 2.24) is 15.2 Å². The molecule has 9 heteroatoms. The van der Waals surface area contributed by atoms with Crippen molar-refractivity contribution >= 4 is 23.2 Å². The molecule has 0 atom stereocenters. The number of carbonyl (C=O) groups is 1. The highest BCUT2D eigenvalue weighted by atomic mass is 32.1. The summed E-state index contributed by atoms with van der Waals surface area (Å²) < 4.78 is 37.5. The van der Waals surface area contributed by atoms with Crippen LogP contribution in [-0.2, 0) is 19.0 Å². The number of anilines is 1. The zero-order chi connectivity index (χ0) is 17.6. The third kappa shape index (κ3) is 2.91. The van der Waals surface area contributed by atoms with Crippen LogP contribution in [0.4, 0.5) is 19.1 Å². The molecule has 0 saturated carbocycles. The molecule has 2 N–H and O–H groups in total. The normalized spacial score (nSPS) is 13.2. The van der Waals surface area contributed by atoms with Crippen LogP contribution >= 0.6 is 11.3 Å². The molecular weight excluding hydrogens is 353 g/mol. The van der Waals surface area contributed by atoms with E-state index < -0.39 is 23.9 Å². The number of nitrogens with zero attached hydrogens (tertiary/aromatic N) is 2. The number of aryl methyl sites for hydroxylation is 2. The number of hydrogen-bond acceptors (Lipinski definition) is 4. The molecule has 2 aromatic heterocycles. The fourth-order valence-corrected chi connectivity index (χ4v) is 3.96. The minimum absolute atomic E-state index is 0.399. The topological polar surface area (TPSA) is 70.7 Å². The van der Waals surface area contributed by atoms with E-state index in [2.05, 4.69) is 21.5 Å². The number of aromatic nitrogens is 3. The molecule has 4 rings (SSSR count). The summed E-state index contributed by atoms with van der Waals surface area (Å²) in [6.07, 6.45) is -2.91. The molecule has 0 fully saturated rings. The number of thiophene rings is 1. The molecule has 1 amide bonds. The minimum Gasteiger partial charge on any atom is -0.288 e. The Morgan fingerprint density at radius 2 is 1.96 bits per heavy atom. The van der Waals surface area contributed by atoms with Gasteiger partial charge in [-0.25, -0.2) is 0 Å². The van der Waals surface area contributed by atoms with Gasteiger partial charge in [0.05, 0.1) is 4.88 Å². The average molecular weight is 364 g/mol. The Balaban J connectivity index is 1.59. The quantitative estimate of drug-likeness (QED) is 0.724. The Morgan fingerprint density at radius 3 is 2.72 bits per heavy atom. The van der Waals surface area contributed by atoms with Gasteiger partial charge in [0.2, 0.25) is 11.8 Å². The number of benzene rings is 1. The van der Waals surface area contributed by atoms with Crippen LogP contribution in [0.15, 0.2) is 30.3 Å². The Labute approximate surface area is 143 Å². The van der Waals surface area contributed by atoms with E-state index in [1.807, 2.05) is 18.2 Å². The maximum Gasteiger partial charge on any atom is 0.451 e. The third-order valence-corrected chi connectivity index (χ3v) is 5.15. The second-order valence-electron chi connectivity index (χ2n) is 5.58. The smallest absolute Gasteiger partial charge is 0.288 e. The van der Waals surface area contributed by atoms with Crippen molar-refractivity contribution in [3.8, 4) is 10.4 Å². The van der Waals surface area contributed by atoms with Crippen molar-refractivity contribution in [2.75, 3.05) is 5.32 Å². The summed E-state index contributed by atoms with van der Waals surface area (Å²) in [6, 6.07) is 9.77. The predicted molar refractivity (Wildman–Crippen MR) is 86.5 cm³/mol. The molecule has 2 heterocycles. The van der Waals surface area contributed by atoms with Gasteiger partial charge >= 0.3 is 6.18 Å². The van der Waals surface area contributed by atoms with Crippen molar-refractivity contribution in [2.45, 2.75) is 19.0 Å². The summed E-state index contributed by atoms with van der Waals surface area (Å²) in [5, 5.41) is 7.45. The number of carbonyl (C=O) groups excluding carboxylic acids is 1. The van der Waals surface area contributed by atoms with E-state index >= 15 is 0 Å². The molecule has 0 radical (unpaired) electrons. The molecule has 1 aliphatic carbocycles. The molecule has 0 spiro atoms. The number of rotatable bonds is 2. The first kappa shape index (κ1) is 15.8. The van der Waals surface area contributed by atoms with Crippen LogP contribution in [0.5, 0.6) is 0 Å². The molecule has 5 nitrogen and oxygen atoms in total. The molecule has 1 aliphatic rings. The summed E-state index contributed by atoms with van der Waals surface area (Å²) in [5.41, 5.74) is 3.40. The monoisotopic (exact) mass is 364 g/mol. The molecule has 128 valence electrons. The fraction of sp³-hybridized carbons (Fsp3) is 0.188. The molecule has 0 aliphatic heterocycles. The number of aromatic amines is 1. The van der Waals surface area contributed by atoms with Crippen LogP contribution in [0.1, 0.15) is 26.6 Å². The van der Waals surface area contributed by atoms with Crippen LogP contribution in [0, 0.1) is 0 Å². The number of fused-ring (bicyclic) bond motifs is 3. The second-order valence-corrected chi connectivity index (χ2v) is 6.63. The molecular formula is C16H11F3N4OS. The van der Waals surface area contributed by atoms with Crippen LogP contribution in [0.25, 0.3) is 10.4 Å². The minimum atomic E-state index is -4.64. The van der Waals surface area contributed by atoms with Gasteiger partial charge < -0.3 is 0 Å². The number of nitrogens with one attached hydrogen (secondary N) is 2. The first-order valence-electron chi connectivity index (χ1n) is 7.44. The Morgan fingerprint density at radius 1 is 1.20 bits per heavy atom. The van der Waals surface area contributed by atoms with Gasteiger partial charge in [0, 0.05) is 4.88 Å². The van der Waals surface area contributed by atoms with Crippen LogP contribution in [-0.4, -0.2) is 21.1 Å². The SMILES string of the molecule is O=C(Nc1n[nH]c(C(F)(F)F)n1)c1cc2c(s1)-c1ccccc1CC2. The highest BCUT2D eigenvalue weighted by Crippen LogP contribution is 2.39. The second kappa shape index (κ2) is 5.69. The van der Waals surface area contributed by atoms with E-state index in [-0.39, 0.29) is 0 Å². The van der Waals surface area contributed by atoms with Crippen molar-refractivity contribution < 1.29 is 18.0 Å². The highest BCUT2D eigenvalue weighted by molar-refractivity contribution is 7.17. The van der Waals surface area contributed by atoms with Gasteiger partial charge in [0.15, 0.2) is 0 Å². The third-order valence-electron chi connectivity index (χ3n) is 3.94. The van der Waals surface area contributed by atoms with Gasteiger partial charge in [-0.05, 0) is 35.6 Å². The van der Waals surface area contributed by atoms with Crippen molar-refractivity contribution in [3.63, 3.8) is 0 Å². The largest absolute Gasteiger partial charge is 0.451 e. The van der Waals surface area contributed by atoms with Crippen molar-refractivity contribution in [1.29, 1.82) is 0 Å². The van der Waals surface area contributed by atoms with Gasteiger partial charge in [-0.3, -0.25) is 15.2 Å². The fourth-order valence-electron chi connectivity index (χ4n) is 2.79. The zero-order valence-electron chi connectivity index (χ0n) is 12.6. The lowest BCUT2D eigenvalue weighted by atomic mass is 9.91. The number of alkyl halides is 3. The maximum absolute atomic E-state index is 12.5. The van der Waals surface area contributed by atoms with E-state index in [0.29, 0.717) is 4.88 Å². The molecule has 0 bridgehead atoms. The van der Waals surface area contributed by atoms with Gasteiger partial charge in [-0.2, -0.15) is 18.2 Å². The van der Waals surface area contributed by atoms with Gasteiger partial charge in [0.1, 0.15) is 0 Å². The maximum atomic E-state index is 12.5. The van der Waals surface area contributed by atoms with E-state index in [4.69, 9.17) is 0 Å². The van der Waals surface area contributed by atoms with Crippen molar-refractivity contribution in [3.05, 3.63) is 52.2 Å². The van der Waals surface area contributed by atoms with Crippen molar-refractivity contribution in [2.24, 2.45) is 0 Å². The molecule has 0 unspecified atom stereocenters. The number of halogens is 3. The summed E-state index contributed by atoms with van der Waals surface area (Å²) in [4.78, 5) is 17.0. The zero-order valence-corrected chi connectivity index (χ0v) is 13.5.